The third kappa shape index (κ3) is 1.64. The minimum atomic E-state index is -0.222. The van der Waals surface area contributed by atoms with Gasteiger partial charge in [0.2, 0.25) is 0 Å². The van der Waals surface area contributed by atoms with Crippen molar-refractivity contribution in [3.63, 3.8) is 0 Å². The first kappa shape index (κ1) is 10.5. The highest BCUT2D eigenvalue weighted by Gasteiger charge is 2.08. The van der Waals surface area contributed by atoms with Gasteiger partial charge < -0.3 is 14.2 Å². The number of aromatic nitrogens is 3. The molecule has 2 aromatic heterocycles. The first-order chi connectivity index (χ1) is 8.78. The van der Waals surface area contributed by atoms with Gasteiger partial charge in [0, 0.05) is 12.1 Å². The molecule has 0 atom stereocenters. The topological polar surface area (TPSA) is 81.0 Å². The summed E-state index contributed by atoms with van der Waals surface area (Å²) in [7, 11) is 1.56. The lowest BCUT2D eigenvalue weighted by Gasteiger charge is -2.02. The largest absolute Gasteiger partial charge is 0.497 e. The summed E-state index contributed by atoms with van der Waals surface area (Å²) in [5.74, 6) is 1.02. The lowest BCUT2D eigenvalue weighted by Crippen LogP contribution is -2.09. The van der Waals surface area contributed by atoms with Crippen LogP contribution in [0, 0.1) is 0 Å². The maximum atomic E-state index is 11.9. The van der Waals surface area contributed by atoms with E-state index >= 15 is 0 Å². The van der Waals surface area contributed by atoms with E-state index in [4.69, 9.17) is 9.26 Å². The van der Waals surface area contributed by atoms with Gasteiger partial charge in [-0.15, -0.1) is 0 Å². The highest BCUT2D eigenvalue weighted by Crippen LogP contribution is 2.18. The van der Waals surface area contributed by atoms with Crippen molar-refractivity contribution in [3.8, 4) is 17.3 Å². The first-order valence-corrected chi connectivity index (χ1v) is 5.27. The van der Waals surface area contributed by atoms with Crippen molar-refractivity contribution in [1.82, 2.24) is 15.1 Å². The summed E-state index contributed by atoms with van der Waals surface area (Å²) in [6.45, 7) is 0. The molecule has 0 unspecified atom stereocenters. The Kier molecular flexibility index (Phi) is 2.33. The predicted molar refractivity (Wildman–Crippen MR) is 64.4 cm³/mol. The van der Waals surface area contributed by atoms with Crippen molar-refractivity contribution in [2.75, 3.05) is 7.11 Å². The lowest BCUT2D eigenvalue weighted by molar-refractivity contribution is 0.415. The number of methoxy groups -OCH3 is 1. The number of hydrogen-bond donors (Lipinski definition) is 1. The van der Waals surface area contributed by atoms with Crippen LogP contribution in [-0.2, 0) is 0 Å². The van der Waals surface area contributed by atoms with Crippen LogP contribution in [0.25, 0.3) is 22.4 Å². The Morgan fingerprint density at radius 1 is 1.33 bits per heavy atom. The number of rotatable bonds is 2. The van der Waals surface area contributed by atoms with Crippen molar-refractivity contribution in [3.05, 3.63) is 40.9 Å². The average Bonchev–Trinajstić information content (AvgIpc) is 2.91. The van der Waals surface area contributed by atoms with Crippen molar-refractivity contribution in [1.29, 1.82) is 0 Å². The van der Waals surface area contributed by atoms with E-state index in [1.807, 2.05) is 0 Å². The van der Waals surface area contributed by atoms with Gasteiger partial charge in [-0.2, -0.15) is 0 Å². The van der Waals surface area contributed by atoms with Crippen LogP contribution >= 0.6 is 0 Å². The Hall–Kier alpha value is -2.63. The Morgan fingerprint density at radius 2 is 2.22 bits per heavy atom. The summed E-state index contributed by atoms with van der Waals surface area (Å²) < 4.78 is 9.84. The third-order valence-electron chi connectivity index (χ3n) is 2.59. The molecule has 0 spiro atoms. The second-order valence-electron chi connectivity index (χ2n) is 3.68. The van der Waals surface area contributed by atoms with E-state index < -0.39 is 0 Å². The normalized spacial score (nSPS) is 10.7. The highest BCUT2D eigenvalue weighted by atomic mass is 16.5. The number of nitrogens with zero attached hydrogens (tertiary/aromatic N) is 2. The third-order valence-corrected chi connectivity index (χ3v) is 2.59. The molecule has 0 saturated heterocycles. The zero-order valence-electron chi connectivity index (χ0n) is 9.51. The van der Waals surface area contributed by atoms with Crippen LogP contribution in [0.4, 0.5) is 0 Å². The number of nitrogens with one attached hydrogen (secondary N) is 1. The van der Waals surface area contributed by atoms with Gasteiger partial charge in [0.05, 0.1) is 18.0 Å². The molecule has 1 N–H and O–H groups in total. The fraction of sp³-hybridized carbons (Fsp3) is 0.0833. The maximum Gasteiger partial charge on any atom is 0.259 e. The molecule has 0 saturated carbocycles. The molecule has 0 aliphatic carbocycles. The van der Waals surface area contributed by atoms with E-state index in [1.54, 1.807) is 31.4 Å². The molecular formula is C12H9N3O3. The van der Waals surface area contributed by atoms with E-state index in [0.717, 1.165) is 0 Å². The molecule has 3 rings (SSSR count). The Bertz CT molecular complexity index is 747. The quantitative estimate of drug-likeness (QED) is 0.739. The minimum Gasteiger partial charge on any atom is -0.497 e. The summed E-state index contributed by atoms with van der Waals surface area (Å²) in [6, 6.07) is 6.72. The molecule has 90 valence electrons. The Labute approximate surface area is 101 Å². The van der Waals surface area contributed by atoms with Gasteiger partial charge in [-0.25, -0.2) is 4.98 Å². The summed E-state index contributed by atoms with van der Waals surface area (Å²) in [5, 5.41) is 4.24. The molecule has 0 aliphatic rings. The van der Waals surface area contributed by atoms with Crippen LogP contribution in [0.2, 0.25) is 0 Å². The van der Waals surface area contributed by atoms with Crippen molar-refractivity contribution in [2.24, 2.45) is 0 Å². The Morgan fingerprint density at radius 3 is 2.94 bits per heavy atom. The first-order valence-electron chi connectivity index (χ1n) is 5.27. The minimum absolute atomic E-state index is 0.222. The summed E-state index contributed by atoms with van der Waals surface area (Å²) >= 11 is 0. The zero-order chi connectivity index (χ0) is 12.5. The number of ether oxygens (including phenoxy) is 1. The number of benzene rings is 1. The molecule has 18 heavy (non-hydrogen) atoms. The van der Waals surface area contributed by atoms with Crippen molar-refractivity contribution < 1.29 is 9.26 Å². The van der Waals surface area contributed by atoms with Crippen LogP contribution in [0.15, 0.2) is 39.8 Å². The predicted octanol–water partition coefficient (Wildman–Crippen LogP) is 1.59. The molecular weight excluding hydrogens is 234 g/mol. The molecule has 6 nitrogen and oxygen atoms in total. The number of H-pyrrole nitrogens is 1. The van der Waals surface area contributed by atoms with E-state index in [0.29, 0.717) is 28.2 Å². The SMILES string of the molecule is COc1ccc2c(=O)[nH]c(-c3ccon3)nc2c1. The van der Waals surface area contributed by atoms with E-state index in [-0.39, 0.29) is 5.56 Å². The Balaban J connectivity index is 2.28. The molecule has 0 fully saturated rings. The maximum absolute atomic E-state index is 11.9. The van der Waals surface area contributed by atoms with Gasteiger partial charge in [-0.1, -0.05) is 5.16 Å². The summed E-state index contributed by atoms with van der Waals surface area (Å²) in [4.78, 5) is 18.9. The molecule has 1 aromatic carbocycles. The van der Waals surface area contributed by atoms with Gasteiger partial charge in [-0.3, -0.25) is 4.79 Å². The van der Waals surface area contributed by atoms with E-state index in [1.165, 1.54) is 6.26 Å². The fourth-order valence-corrected chi connectivity index (χ4v) is 1.70. The van der Waals surface area contributed by atoms with Gasteiger partial charge in [0.15, 0.2) is 5.82 Å². The van der Waals surface area contributed by atoms with Crippen LogP contribution in [0.3, 0.4) is 0 Å². The molecule has 2 heterocycles. The molecule has 0 bridgehead atoms. The summed E-state index contributed by atoms with van der Waals surface area (Å²) in [6.07, 6.45) is 1.42. The zero-order valence-corrected chi connectivity index (χ0v) is 9.51. The highest BCUT2D eigenvalue weighted by molar-refractivity contribution is 5.80. The van der Waals surface area contributed by atoms with Crippen LogP contribution in [0.1, 0.15) is 0 Å². The molecule has 6 heteroatoms. The molecule has 0 aliphatic heterocycles. The fourth-order valence-electron chi connectivity index (χ4n) is 1.70. The monoisotopic (exact) mass is 243 g/mol. The molecule has 0 radical (unpaired) electrons. The molecule has 0 amide bonds. The average molecular weight is 243 g/mol. The smallest absolute Gasteiger partial charge is 0.259 e. The molecule has 3 aromatic rings. The van der Waals surface area contributed by atoms with E-state index in [9.17, 15) is 4.79 Å². The van der Waals surface area contributed by atoms with Gasteiger partial charge in [0.1, 0.15) is 17.7 Å². The lowest BCUT2D eigenvalue weighted by atomic mass is 10.2. The second-order valence-corrected chi connectivity index (χ2v) is 3.68. The van der Waals surface area contributed by atoms with Crippen LogP contribution in [-0.4, -0.2) is 22.2 Å². The van der Waals surface area contributed by atoms with E-state index in [2.05, 4.69) is 15.1 Å². The summed E-state index contributed by atoms with van der Waals surface area (Å²) in [5.41, 5.74) is 0.813. The number of hydrogen-bond acceptors (Lipinski definition) is 5. The van der Waals surface area contributed by atoms with Gasteiger partial charge >= 0.3 is 0 Å². The van der Waals surface area contributed by atoms with Gasteiger partial charge in [-0.05, 0) is 12.1 Å². The number of aromatic amines is 1. The van der Waals surface area contributed by atoms with Crippen molar-refractivity contribution in [2.45, 2.75) is 0 Å². The van der Waals surface area contributed by atoms with Gasteiger partial charge in [0.25, 0.3) is 5.56 Å². The standard InChI is InChI=1S/C12H9N3O3/c1-17-7-2-3-8-10(6-7)13-11(14-12(8)16)9-4-5-18-15-9/h2-6H,1H3,(H,13,14,16). The van der Waals surface area contributed by atoms with Crippen LogP contribution in [0.5, 0.6) is 5.75 Å². The number of fused-ring (bicyclic) bond motifs is 1. The van der Waals surface area contributed by atoms with Crippen molar-refractivity contribution >= 4 is 10.9 Å². The van der Waals surface area contributed by atoms with Crippen LogP contribution < -0.4 is 10.3 Å². The second kappa shape index (κ2) is 3.99.